The summed E-state index contributed by atoms with van der Waals surface area (Å²) in [6.07, 6.45) is 0. The number of carboxylic acid groups (broad SMARTS) is 2. The number of nitrogens with zero attached hydrogens (tertiary/aromatic N) is 3. The lowest BCUT2D eigenvalue weighted by Crippen LogP contribution is -2.71. The molecule has 3 rings (SSSR count). The second-order valence-corrected chi connectivity index (χ2v) is 7.68. The first-order valence-electron chi connectivity index (χ1n) is 7.49. The molecule has 28 heavy (non-hydrogen) atoms. The van der Waals surface area contributed by atoms with E-state index in [1.54, 1.807) is 0 Å². The minimum Gasteiger partial charge on any atom is -0.479 e. The first kappa shape index (κ1) is 20.1. The van der Waals surface area contributed by atoms with Gasteiger partial charge in [-0.25, -0.2) is 14.6 Å². The molecule has 1 aromatic rings. The lowest BCUT2D eigenvalue weighted by molar-refractivity contribution is -0.150. The van der Waals surface area contributed by atoms with E-state index in [4.69, 9.17) is 16.7 Å². The highest BCUT2D eigenvalue weighted by atomic mass is 35.5. The predicted molar refractivity (Wildman–Crippen MR) is 97.8 cm³/mol. The molecule has 3 N–H and O–H groups in total. The molecule has 148 valence electrons. The number of thiazole rings is 1. The van der Waals surface area contributed by atoms with E-state index in [1.807, 2.05) is 0 Å². The first-order valence-corrected chi connectivity index (χ1v) is 9.86. The number of oxime groups is 1. The number of β-lactam (4-membered cyclic amide) rings is 1. The number of thioether (sulfide) groups is 1. The van der Waals surface area contributed by atoms with Crippen molar-refractivity contribution in [2.75, 3.05) is 12.4 Å². The van der Waals surface area contributed by atoms with Crippen LogP contribution in [0.4, 0.5) is 0 Å². The number of aromatic nitrogens is 1. The number of carbonyl (C=O) groups is 4. The summed E-state index contributed by atoms with van der Waals surface area (Å²) in [6.45, 7) is -0.763. The Hall–Kier alpha value is -2.64. The van der Waals surface area contributed by atoms with Crippen molar-refractivity contribution in [3.05, 3.63) is 27.3 Å². The molecule has 0 spiro atoms. The summed E-state index contributed by atoms with van der Waals surface area (Å²) >= 11 is 8.28. The smallest absolute Gasteiger partial charge is 0.353 e. The molecule has 2 amide bonds. The van der Waals surface area contributed by atoms with Gasteiger partial charge in [-0.3, -0.25) is 14.5 Å². The van der Waals surface area contributed by atoms with Gasteiger partial charge < -0.3 is 20.4 Å². The zero-order chi connectivity index (χ0) is 20.4. The molecular formula is C14H11ClN4O7S2. The van der Waals surface area contributed by atoms with Crippen LogP contribution in [0.15, 0.2) is 26.8 Å². The number of fused-ring (bicyclic) bond motifs is 1. The zero-order valence-corrected chi connectivity index (χ0v) is 16.1. The quantitative estimate of drug-likeness (QED) is 0.295. The van der Waals surface area contributed by atoms with E-state index in [9.17, 15) is 24.3 Å². The van der Waals surface area contributed by atoms with Gasteiger partial charge in [0.1, 0.15) is 22.8 Å². The number of halogens is 1. The number of aliphatic carboxylic acids is 2. The van der Waals surface area contributed by atoms with Gasteiger partial charge >= 0.3 is 11.9 Å². The van der Waals surface area contributed by atoms with Crippen molar-refractivity contribution in [2.45, 2.75) is 11.4 Å². The van der Waals surface area contributed by atoms with E-state index in [2.05, 4.69) is 20.3 Å². The van der Waals surface area contributed by atoms with Gasteiger partial charge in [-0.2, -0.15) is 0 Å². The molecule has 11 nitrogen and oxygen atoms in total. The third-order valence-electron chi connectivity index (χ3n) is 3.64. The van der Waals surface area contributed by atoms with Crippen LogP contribution in [0, 0.1) is 0 Å². The number of hydrogen-bond donors (Lipinski definition) is 3. The largest absolute Gasteiger partial charge is 0.479 e. The third-order valence-corrected chi connectivity index (χ3v) is 5.98. The van der Waals surface area contributed by atoms with Crippen molar-refractivity contribution in [1.29, 1.82) is 0 Å². The second kappa shape index (κ2) is 8.16. The zero-order valence-electron chi connectivity index (χ0n) is 13.7. The average Bonchev–Trinajstić information content (AvgIpc) is 3.16. The maximum atomic E-state index is 12.6. The van der Waals surface area contributed by atoms with Crippen LogP contribution in [0.25, 0.3) is 0 Å². The second-order valence-electron chi connectivity index (χ2n) is 5.40. The van der Waals surface area contributed by atoms with Gasteiger partial charge in [0.15, 0.2) is 5.71 Å². The fourth-order valence-corrected chi connectivity index (χ4v) is 4.56. The fraction of sp³-hybridized carbons (Fsp3) is 0.286. The Bertz CT molecular complexity index is 902. The third kappa shape index (κ3) is 3.81. The van der Waals surface area contributed by atoms with Crippen LogP contribution in [-0.4, -0.2) is 73.3 Å². The summed E-state index contributed by atoms with van der Waals surface area (Å²) in [7, 11) is 0. The Morgan fingerprint density at radius 1 is 1.43 bits per heavy atom. The Kier molecular flexibility index (Phi) is 5.86. The minimum atomic E-state index is -1.33. The summed E-state index contributed by atoms with van der Waals surface area (Å²) in [5.74, 6) is -3.88. The Balaban J connectivity index is 1.76. The number of rotatable bonds is 7. The molecule has 0 aliphatic carbocycles. The highest BCUT2D eigenvalue weighted by molar-refractivity contribution is 8.00. The topological polar surface area (TPSA) is 158 Å². The minimum absolute atomic E-state index is 0.0404. The van der Waals surface area contributed by atoms with Crippen molar-refractivity contribution in [2.24, 2.45) is 5.16 Å². The van der Waals surface area contributed by atoms with Crippen molar-refractivity contribution in [1.82, 2.24) is 15.2 Å². The predicted octanol–water partition coefficient (Wildman–Crippen LogP) is -0.117. The molecular weight excluding hydrogens is 436 g/mol. The van der Waals surface area contributed by atoms with Crippen molar-refractivity contribution >= 4 is 64.2 Å². The molecule has 1 unspecified atom stereocenters. The summed E-state index contributed by atoms with van der Waals surface area (Å²) < 4.78 is 0. The molecule has 0 aromatic carbocycles. The molecule has 1 aromatic heterocycles. The van der Waals surface area contributed by atoms with Crippen LogP contribution in [0.2, 0.25) is 0 Å². The maximum Gasteiger partial charge on any atom is 0.353 e. The van der Waals surface area contributed by atoms with Gasteiger partial charge in [0, 0.05) is 11.1 Å². The van der Waals surface area contributed by atoms with Gasteiger partial charge in [-0.1, -0.05) is 16.8 Å². The summed E-state index contributed by atoms with van der Waals surface area (Å²) in [5.41, 5.74) is 0.969. The van der Waals surface area contributed by atoms with Gasteiger partial charge in [-0.05, 0) is 0 Å². The number of carboxylic acids is 2. The monoisotopic (exact) mass is 446 g/mol. The van der Waals surface area contributed by atoms with Crippen LogP contribution in [0.3, 0.4) is 0 Å². The Labute approximate surface area is 170 Å². The van der Waals surface area contributed by atoms with Crippen molar-refractivity contribution < 1.29 is 34.2 Å². The lowest BCUT2D eigenvalue weighted by atomic mass is 10.0. The van der Waals surface area contributed by atoms with Gasteiger partial charge in [0.25, 0.3) is 11.8 Å². The Morgan fingerprint density at radius 2 is 2.18 bits per heavy atom. The molecule has 2 aliphatic rings. The molecule has 14 heteroatoms. The number of amides is 2. The van der Waals surface area contributed by atoms with E-state index in [1.165, 1.54) is 34.0 Å². The summed E-state index contributed by atoms with van der Waals surface area (Å²) in [5, 5.41) is 24.7. The van der Waals surface area contributed by atoms with Crippen LogP contribution in [0.5, 0.6) is 0 Å². The van der Waals surface area contributed by atoms with Gasteiger partial charge in [0.05, 0.1) is 10.5 Å². The normalized spacial score (nSPS) is 21.7. The molecule has 0 radical (unpaired) electrons. The standard InChI is InChI=1S/C14H11ClN4O7S2/c15-5-2-28-13-9(12(23)19(13)10(5)14(24)25)17-11(22)8(6-3-27-4-16-6)18-26-1-7(20)21/h3-4,9,13H,1-2H2,(H,17,22)(H,20,21)(H,24,25)/t9?,13-/m1/s1. The van der Waals surface area contributed by atoms with E-state index in [0.29, 0.717) is 0 Å². The Morgan fingerprint density at radius 3 is 2.79 bits per heavy atom. The van der Waals surface area contributed by atoms with Gasteiger partial charge in [0.2, 0.25) is 6.61 Å². The van der Waals surface area contributed by atoms with Gasteiger partial charge in [-0.15, -0.1) is 23.1 Å². The van der Waals surface area contributed by atoms with Crippen LogP contribution < -0.4 is 5.32 Å². The molecule has 2 aliphatic heterocycles. The molecule has 1 fully saturated rings. The summed E-state index contributed by atoms with van der Waals surface area (Å²) in [4.78, 5) is 56.4. The molecule has 3 heterocycles. The molecule has 2 atom stereocenters. The average molecular weight is 447 g/mol. The van der Waals surface area contributed by atoms with Crippen LogP contribution in [0.1, 0.15) is 5.69 Å². The highest BCUT2D eigenvalue weighted by Crippen LogP contribution is 2.41. The molecule has 1 saturated heterocycles. The van der Waals surface area contributed by atoms with Crippen LogP contribution >= 0.6 is 34.7 Å². The van der Waals surface area contributed by atoms with E-state index in [-0.39, 0.29) is 27.9 Å². The maximum absolute atomic E-state index is 12.6. The van der Waals surface area contributed by atoms with Crippen molar-refractivity contribution in [3.8, 4) is 0 Å². The SMILES string of the molecule is O=C(O)CON=C(C(=O)NC1C(=O)N2C(C(=O)O)=C(Cl)CS[C@H]12)c1cscn1. The number of nitrogens with one attached hydrogen (secondary N) is 1. The van der Waals surface area contributed by atoms with E-state index in [0.717, 1.165) is 4.90 Å². The van der Waals surface area contributed by atoms with E-state index >= 15 is 0 Å². The lowest BCUT2D eigenvalue weighted by Gasteiger charge is -2.48. The first-order chi connectivity index (χ1) is 13.3. The van der Waals surface area contributed by atoms with E-state index < -0.39 is 41.8 Å². The van der Waals surface area contributed by atoms with Crippen LogP contribution in [-0.2, 0) is 24.0 Å². The summed E-state index contributed by atoms with van der Waals surface area (Å²) in [6, 6.07) is -1.00. The van der Waals surface area contributed by atoms with Crippen molar-refractivity contribution in [3.63, 3.8) is 0 Å². The molecule has 0 saturated carbocycles. The number of hydrogen-bond acceptors (Lipinski definition) is 9. The highest BCUT2D eigenvalue weighted by Gasteiger charge is 2.54. The number of carbonyl (C=O) groups excluding carboxylic acids is 2. The fourth-order valence-electron chi connectivity index (χ4n) is 2.48. The molecule has 0 bridgehead atoms.